The quantitative estimate of drug-likeness (QED) is 0.283. The first kappa shape index (κ1) is 21.7. The minimum Gasteiger partial charge on any atom is -0.496 e. The van der Waals surface area contributed by atoms with E-state index in [0.29, 0.717) is 18.7 Å². The summed E-state index contributed by atoms with van der Waals surface area (Å²) < 4.78 is 16.3. The average molecular weight is 364 g/mol. The Hall–Kier alpha value is -2.37. The number of ether oxygens (including phenoxy) is 3. The molecule has 0 heterocycles. The number of rotatable bonds is 11. The Kier molecular flexibility index (Phi) is 10.1. The van der Waals surface area contributed by atoms with E-state index in [1.54, 1.807) is 21.3 Å². The number of hydrogen-bond acceptors (Lipinski definition) is 4. The zero-order valence-corrected chi connectivity index (χ0v) is 16.8. The fourth-order valence-corrected chi connectivity index (χ4v) is 2.65. The molecule has 0 aliphatic carbocycles. The first-order valence-electron chi connectivity index (χ1n) is 9.00. The third-order valence-electron chi connectivity index (χ3n) is 4.04. The molecule has 0 aliphatic rings. The van der Waals surface area contributed by atoms with E-state index in [1.807, 2.05) is 18.2 Å². The molecule has 0 radical (unpaired) electrons. The molecular weight excluding hydrogens is 330 g/mol. The van der Waals surface area contributed by atoms with Crippen LogP contribution in [0.3, 0.4) is 0 Å². The van der Waals surface area contributed by atoms with Gasteiger partial charge < -0.3 is 24.4 Å². The van der Waals surface area contributed by atoms with Crippen LogP contribution in [0.1, 0.15) is 25.3 Å². The van der Waals surface area contributed by atoms with Crippen LogP contribution in [-0.2, 0) is 6.42 Å². The number of benzene rings is 1. The highest BCUT2D eigenvalue weighted by Crippen LogP contribution is 2.34. The number of allylic oxidation sites excluding steroid dienone is 1. The highest BCUT2D eigenvalue weighted by molar-refractivity contribution is 5.79. The van der Waals surface area contributed by atoms with Gasteiger partial charge in [-0.1, -0.05) is 6.08 Å². The third kappa shape index (κ3) is 6.50. The molecule has 0 saturated heterocycles. The van der Waals surface area contributed by atoms with Crippen LogP contribution >= 0.6 is 0 Å². The fraction of sp³-hybridized carbons (Fsp3) is 0.550. The number of guanidine groups is 1. The second-order valence-electron chi connectivity index (χ2n) is 5.85. The van der Waals surface area contributed by atoms with E-state index in [-0.39, 0.29) is 0 Å². The van der Waals surface area contributed by atoms with Crippen LogP contribution in [0, 0.1) is 0 Å². The largest absolute Gasteiger partial charge is 0.496 e. The minimum atomic E-state index is 0.632. The van der Waals surface area contributed by atoms with E-state index in [1.165, 1.54) is 0 Å². The highest BCUT2D eigenvalue weighted by Gasteiger charge is 2.13. The summed E-state index contributed by atoms with van der Waals surface area (Å²) in [6.45, 7) is 8.24. The van der Waals surface area contributed by atoms with Gasteiger partial charge in [0, 0.05) is 44.4 Å². The average Bonchev–Trinajstić information content (AvgIpc) is 2.66. The van der Waals surface area contributed by atoms with E-state index < -0.39 is 0 Å². The van der Waals surface area contributed by atoms with Crippen LogP contribution in [0.5, 0.6) is 17.2 Å². The predicted molar refractivity (Wildman–Crippen MR) is 108 cm³/mol. The summed E-state index contributed by atoms with van der Waals surface area (Å²) in [5, 5.41) is 3.34. The second-order valence-corrected chi connectivity index (χ2v) is 5.85. The van der Waals surface area contributed by atoms with Crippen molar-refractivity contribution in [1.82, 2.24) is 10.2 Å². The van der Waals surface area contributed by atoms with Crippen molar-refractivity contribution in [3.05, 3.63) is 30.4 Å². The maximum atomic E-state index is 5.50. The van der Waals surface area contributed by atoms with Crippen molar-refractivity contribution in [3.63, 3.8) is 0 Å². The maximum absolute atomic E-state index is 5.50. The molecule has 0 saturated carbocycles. The molecule has 1 N–H and O–H groups in total. The first-order chi connectivity index (χ1) is 12.6. The number of hydrogen-bond donors (Lipinski definition) is 1. The maximum Gasteiger partial charge on any atom is 0.193 e. The van der Waals surface area contributed by atoms with E-state index in [2.05, 4.69) is 30.8 Å². The van der Waals surface area contributed by atoms with Crippen LogP contribution in [0.4, 0.5) is 0 Å². The van der Waals surface area contributed by atoms with Gasteiger partial charge in [0.25, 0.3) is 0 Å². The predicted octanol–water partition coefficient (Wildman–Crippen LogP) is 3.12. The Labute approximate surface area is 157 Å². The molecule has 1 aromatic carbocycles. The van der Waals surface area contributed by atoms with Crippen molar-refractivity contribution in [2.24, 2.45) is 4.99 Å². The van der Waals surface area contributed by atoms with Crippen molar-refractivity contribution >= 4 is 5.96 Å². The zero-order chi connectivity index (χ0) is 19.4. The van der Waals surface area contributed by atoms with Crippen LogP contribution < -0.4 is 19.5 Å². The first-order valence-corrected chi connectivity index (χ1v) is 9.00. The summed E-state index contributed by atoms with van der Waals surface area (Å²) in [6.07, 6.45) is 4.72. The van der Waals surface area contributed by atoms with Crippen LogP contribution in [0.15, 0.2) is 29.8 Å². The lowest BCUT2D eigenvalue weighted by atomic mass is 10.1. The van der Waals surface area contributed by atoms with Crippen LogP contribution in [0.25, 0.3) is 0 Å². The molecule has 0 fully saturated rings. The lowest BCUT2D eigenvalue weighted by Gasteiger charge is -2.22. The zero-order valence-electron chi connectivity index (χ0n) is 16.8. The van der Waals surface area contributed by atoms with Gasteiger partial charge in [0.2, 0.25) is 0 Å². The van der Waals surface area contributed by atoms with Gasteiger partial charge in [-0.15, -0.1) is 6.58 Å². The van der Waals surface area contributed by atoms with Crippen molar-refractivity contribution in [2.75, 3.05) is 48.0 Å². The molecule has 0 aromatic heterocycles. The van der Waals surface area contributed by atoms with Gasteiger partial charge in [0.1, 0.15) is 17.2 Å². The molecule has 0 bridgehead atoms. The summed E-state index contributed by atoms with van der Waals surface area (Å²) in [5.74, 6) is 3.12. The van der Waals surface area contributed by atoms with Gasteiger partial charge in [-0.2, -0.15) is 0 Å². The van der Waals surface area contributed by atoms with Gasteiger partial charge in [0.05, 0.1) is 21.3 Å². The lowest BCUT2D eigenvalue weighted by Crippen LogP contribution is -2.39. The molecule has 146 valence electrons. The summed E-state index contributed by atoms with van der Waals surface area (Å²) in [4.78, 5) is 6.89. The van der Waals surface area contributed by atoms with Gasteiger partial charge >= 0.3 is 0 Å². The molecule has 26 heavy (non-hydrogen) atoms. The Morgan fingerprint density at radius 2 is 1.85 bits per heavy atom. The van der Waals surface area contributed by atoms with E-state index >= 15 is 0 Å². The summed E-state index contributed by atoms with van der Waals surface area (Å²) >= 11 is 0. The van der Waals surface area contributed by atoms with Gasteiger partial charge in [-0.25, -0.2) is 0 Å². The molecule has 0 amide bonds. The molecule has 6 nitrogen and oxygen atoms in total. The van der Waals surface area contributed by atoms with E-state index in [4.69, 9.17) is 19.2 Å². The monoisotopic (exact) mass is 363 g/mol. The fourth-order valence-electron chi connectivity index (χ4n) is 2.65. The Morgan fingerprint density at radius 3 is 2.35 bits per heavy atom. The van der Waals surface area contributed by atoms with E-state index in [0.717, 1.165) is 49.0 Å². The number of nitrogens with one attached hydrogen (secondary N) is 1. The van der Waals surface area contributed by atoms with Crippen molar-refractivity contribution in [3.8, 4) is 17.2 Å². The molecule has 0 aliphatic heterocycles. The second kappa shape index (κ2) is 12.1. The van der Waals surface area contributed by atoms with Crippen LogP contribution in [-0.4, -0.2) is 58.9 Å². The Bertz CT molecular complexity index is 563. The van der Waals surface area contributed by atoms with Crippen molar-refractivity contribution in [1.29, 1.82) is 0 Å². The van der Waals surface area contributed by atoms with Crippen LogP contribution in [0.2, 0.25) is 0 Å². The summed E-state index contributed by atoms with van der Waals surface area (Å²) in [7, 11) is 6.99. The minimum absolute atomic E-state index is 0.632. The Balaban J connectivity index is 2.87. The molecular formula is C20H33N3O3. The van der Waals surface area contributed by atoms with Crippen molar-refractivity contribution < 1.29 is 14.2 Å². The highest BCUT2D eigenvalue weighted by atomic mass is 16.5. The van der Waals surface area contributed by atoms with Gasteiger partial charge in [-0.3, -0.25) is 4.99 Å². The molecule has 1 aromatic rings. The van der Waals surface area contributed by atoms with Gasteiger partial charge in [-0.05, 0) is 26.2 Å². The summed E-state index contributed by atoms with van der Waals surface area (Å²) in [6, 6.07) is 3.74. The number of methoxy groups -OCH3 is 3. The summed E-state index contributed by atoms with van der Waals surface area (Å²) in [5.41, 5.74) is 0.990. The normalized spacial score (nSPS) is 11.0. The smallest absolute Gasteiger partial charge is 0.193 e. The van der Waals surface area contributed by atoms with Crippen molar-refractivity contribution in [2.45, 2.75) is 26.2 Å². The van der Waals surface area contributed by atoms with Gasteiger partial charge in [0.15, 0.2) is 5.96 Å². The molecule has 0 atom stereocenters. The standard InChI is InChI=1S/C20H33N3O3/c1-7-9-10-13-23(3)20(21-8-2)22-12-11-17-18(25-5)14-16(24-4)15-19(17)26-6/h7,14-15H,1,8-13H2,2-6H3,(H,21,22). The number of aliphatic imine (C=N–C) groups is 1. The topological polar surface area (TPSA) is 55.3 Å². The SMILES string of the molecule is C=CCCCN(C)C(=NCCc1c(OC)cc(OC)cc1OC)NCC. The molecule has 6 heteroatoms. The molecule has 0 spiro atoms. The number of nitrogens with zero attached hydrogens (tertiary/aromatic N) is 2. The molecule has 1 rings (SSSR count). The number of unbranched alkanes of at least 4 members (excludes halogenated alkanes) is 1. The third-order valence-corrected chi connectivity index (χ3v) is 4.04. The lowest BCUT2D eigenvalue weighted by molar-refractivity contribution is 0.369. The van der Waals surface area contributed by atoms with E-state index in [9.17, 15) is 0 Å². The molecule has 0 unspecified atom stereocenters. The Morgan fingerprint density at radius 1 is 1.19 bits per heavy atom.